The van der Waals surface area contributed by atoms with Crippen molar-refractivity contribution in [1.82, 2.24) is 0 Å². The summed E-state index contributed by atoms with van der Waals surface area (Å²) in [5.41, 5.74) is 2.39. The summed E-state index contributed by atoms with van der Waals surface area (Å²) in [6, 6.07) is 16.7. The minimum absolute atomic E-state index is 0.181. The highest BCUT2D eigenvalue weighted by Gasteiger charge is 2.04. The van der Waals surface area contributed by atoms with Crippen LogP contribution in [0.2, 0.25) is 0 Å². The number of ether oxygens (including phenoxy) is 1. The average molecular weight is 295 g/mol. The van der Waals surface area contributed by atoms with Crippen molar-refractivity contribution in [3.8, 4) is 0 Å². The van der Waals surface area contributed by atoms with E-state index in [1.807, 2.05) is 36.4 Å². The van der Waals surface area contributed by atoms with E-state index in [4.69, 9.17) is 0 Å². The predicted molar refractivity (Wildman–Crippen MR) is 86.3 cm³/mol. The number of anilines is 1. The van der Waals surface area contributed by atoms with Gasteiger partial charge in [-0.05, 0) is 29.3 Å². The molecule has 0 radical (unpaired) electrons. The van der Waals surface area contributed by atoms with Crippen LogP contribution in [-0.2, 0) is 20.7 Å². The zero-order valence-corrected chi connectivity index (χ0v) is 12.3. The fourth-order valence-corrected chi connectivity index (χ4v) is 1.92. The summed E-state index contributed by atoms with van der Waals surface area (Å²) in [5.74, 6) is -0.536. The minimum atomic E-state index is -0.313. The zero-order chi connectivity index (χ0) is 15.8. The van der Waals surface area contributed by atoms with E-state index in [2.05, 4.69) is 10.1 Å². The van der Waals surface area contributed by atoms with Crippen LogP contribution in [0.4, 0.5) is 5.69 Å². The van der Waals surface area contributed by atoms with Crippen molar-refractivity contribution in [2.24, 2.45) is 0 Å². The van der Waals surface area contributed by atoms with Gasteiger partial charge in [-0.25, -0.2) is 0 Å². The molecule has 1 amide bonds. The molecule has 4 heteroatoms. The maximum absolute atomic E-state index is 11.9. The normalized spacial score (nSPS) is 10.4. The number of carbonyl (C=O) groups excluding carboxylic acids is 2. The topological polar surface area (TPSA) is 55.4 Å². The lowest BCUT2D eigenvalue weighted by atomic mass is 10.1. The van der Waals surface area contributed by atoms with E-state index < -0.39 is 0 Å². The molecule has 1 N–H and O–H groups in total. The van der Waals surface area contributed by atoms with E-state index in [1.54, 1.807) is 24.3 Å². The molecule has 0 aliphatic rings. The van der Waals surface area contributed by atoms with Gasteiger partial charge < -0.3 is 10.1 Å². The first-order valence-corrected chi connectivity index (χ1v) is 6.87. The van der Waals surface area contributed by atoms with Crippen LogP contribution in [-0.4, -0.2) is 19.0 Å². The minimum Gasteiger partial charge on any atom is -0.469 e. The van der Waals surface area contributed by atoms with Crippen molar-refractivity contribution in [2.75, 3.05) is 12.4 Å². The van der Waals surface area contributed by atoms with Crippen molar-refractivity contribution in [2.45, 2.75) is 6.42 Å². The van der Waals surface area contributed by atoms with Crippen molar-refractivity contribution in [1.29, 1.82) is 0 Å². The Morgan fingerprint density at radius 3 is 2.59 bits per heavy atom. The first-order valence-electron chi connectivity index (χ1n) is 6.87. The fourth-order valence-electron chi connectivity index (χ4n) is 1.92. The van der Waals surface area contributed by atoms with Gasteiger partial charge in [0.05, 0.1) is 13.5 Å². The summed E-state index contributed by atoms with van der Waals surface area (Å²) in [5, 5.41) is 2.77. The van der Waals surface area contributed by atoms with Gasteiger partial charge in [0, 0.05) is 11.8 Å². The maximum Gasteiger partial charge on any atom is 0.309 e. The highest BCUT2D eigenvalue weighted by Crippen LogP contribution is 2.12. The van der Waals surface area contributed by atoms with Crippen molar-refractivity contribution < 1.29 is 14.3 Å². The van der Waals surface area contributed by atoms with Crippen LogP contribution in [0, 0.1) is 0 Å². The Morgan fingerprint density at radius 1 is 1.09 bits per heavy atom. The van der Waals surface area contributed by atoms with Crippen LogP contribution in [0.15, 0.2) is 60.7 Å². The molecule has 2 aromatic carbocycles. The van der Waals surface area contributed by atoms with Crippen LogP contribution in [0.1, 0.15) is 11.1 Å². The van der Waals surface area contributed by atoms with Crippen LogP contribution < -0.4 is 5.32 Å². The van der Waals surface area contributed by atoms with Crippen LogP contribution >= 0.6 is 0 Å². The zero-order valence-electron chi connectivity index (χ0n) is 12.3. The molecule has 4 nitrogen and oxygen atoms in total. The van der Waals surface area contributed by atoms with Gasteiger partial charge in [-0.1, -0.05) is 42.5 Å². The number of rotatable bonds is 5. The number of amides is 1. The molecular formula is C18H17NO3. The molecule has 0 spiro atoms. The van der Waals surface area contributed by atoms with E-state index in [0.717, 1.165) is 11.1 Å². The van der Waals surface area contributed by atoms with Crippen molar-refractivity contribution in [3.05, 3.63) is 71.8 Å². The Labute approximate surface area is 129 Å². The van der Waals surface area contributed by atoms with Gasteiger partial charge in [0.1, 0.15) is 0 Å². The predicted octanol–water partition coefficient (Wildman–Crippen LogP) is 3.05. The molecule has 0 aliphatic carbocycles. The molecule has 0 atom stereocenters. The third-order valence-corrected chi connectivity index (χ3v) is 3.00. The number of hydrogen-bond donors (Lipinski definition) is 1. The second kappa shape index (κ2) is 7.78. The number of esters is 1. The highest BCUT2D eigenvalue weighted by atomic mass is 16.5. The smallest absolute Gasteiger partial charge is 0.309 e. The van der Waals surface area contributed by atoms with E-state index in [1.165, 1.54) is 13.2 Å². The molecule has 2 aromatic rings. The molecule has 0 aliphatic heterocycles. The molecule has 0 bridgehead atoms. The molecule has 0 fully saturated rings. The first-order chi connectivity index (χ1) is 10.7. The lowest BCUT2D eigenvalue weighted by Crippen LogP contribution is -2.09. The van der Waals surface area contributed by atoms with Crippen molar-refractivity contribution in [3.63, 3.8) is 0 Å². The molecule has 22 heavy (non-hydrogen) atoms. The quantitative estimate of drug-likeness (QED) is 0.681. The third-order valence-electron chi connectivity index (χ3n) is 3.00. The number of methoxy groups -OCH3 is 1. The van der Waals surface area contributed by atoms with E-state index in [0.29, 0.717) is 5.69 Å². The average Bonchev–Trinajstić information content (AvgIpc) is 2.54. The molecular weight excluding hydrogens is 278 g/mol. The van der Waals surface area contributed by atoms with Gasteiger partial charge in [0.25, 0.3) is 0 Å². The van der Waals surface area contributed by atoms with Crippen LogP contribution in [0.25, 0.3) is 6.08 Å². The monoisotopic (exact) mass is 295 g/mol. The van der Waals surface area contributed by atoms with Gasteiger partial charge in [0.2, 0.25) is 5.91 Å². The van der Waals surface area contributed by atoms with Crippen LogP contribution in [0.5, 0.6) is 0 Å². The van der Waals surface area contributed by atoms with Gasteiger partial charge >= 0.3 is 5.97 Å². The molecule has 112 valence electrons. The van der Waals surface area contributed by atoms with Gasteiger partial charge in [-0.15, -0.1) is 0 Å². The second-order valence-electron chi connectivity index (χ2n) is 4.69. The van der Waals surface area contributed by atoms with Gasteiger partial charge in [-0.2, -0.15) is 0 Å². The first kappa shape index (κ1) is 15.5. The molecule has 0 unspecified atom stereocenters. The number of carbonyl (C=O) groups is 2. The Bertz CT molecular complexity index is 678. The van der Waals surface area contributed by atoms with Crippen molar-refractivity contribution >= 4 is 23.6 Å². The molecule has 2 rings (SSSR count). The van der Waals surface area contributed by atoms with Gasteiger partial charge in [0.15, 0.2) is 0 Å². The standard InChI is InChI=1S/C18H17NO3/c1-22-18(21)13-15-8-5-9-16(12-15)19-17(20)11-10-14-6-3-2-4-7-14/h2-12H,13H2,1H3,(H,19,20)/b11-10+. The lowest BCUT2D eigenvalue weighted by molar-refractivity contribution is -0.139. The van der Waals surface area contributed by atoms with E-state index in [9.17, 15) is 9.59 Å². The van der Waals surface area contributed by atoms with Crippen LogP contribution in [0.3, 0.4) is 0 Å². The second-order valence-corrected chi connectivity index (χ2v) is 4.69. The fraction of sp³-hybridized carbons (Fsp3) is 0.111. The Hall–Kier alpha value is -2.88. The Kier molecular flexibility index (Phi) is 5.49. The SMILES string of the molecule is COC(=O)Cc1cccc(NC(=O)/C=C/c2ccccc2)c1. The van der Waals surface area contributed by atoms with E-state index >= 15 is 0 Å². The largest absolute Gasteiger partial charge is 0.469 e. The maximum atomic E-state index is 11.9. The molecule has 0 heterocycles. The van der Waals surface area contributed by atoms with Gasteiger partial charge in [-0.3, -0.25) is 9.59 Å². The summed E-state index contributed by atoms with van der Waals surface area (Å²) in [6.45, 7) is 0. The number of benzene rings is 2. The number of nitrogens with one attached hydrogen (secondary N) is 1. The van der Waals surface area contributed by atoms with E-state index in [-0.39, 0.29) is 18.3 Å². The lowest BCUT2D eigenvalue weighted by Gasteiger charge is -2.05. The summed E-state index contributed by atoms with van der Waals surface area (Å²) in [7, 11) is 1.35. The summed E-state index contributed by atoms with van der Waals surface area (Å²) in [4.78, 5) is 23.1. The molecule has 0 saturated heterocycles. The summed E-state index contributed by atoms with van der Waals surface area (Å²) in [6.07, 6.45) is 3.40. The Balaban J connectivity index is 1.98. The number of hydrogen-bond acceptors (Lipinski definition) is 3. The summed E-state index contributed by atoms with van der Waals surface area (Å²) < 4.78 is 4.63. The molecule has 0 saturated carbocycles. The summed E-state index contributed by atoms with van der Waals surface area (Å²) >= 11 is 0. The third kappa shape index (κ3) is 4.90. The Morgan fingerprint density at radius 2 is 1.86 bits per heavy atom. The highest BCUT2D eigenvalue weighted by molar-refractivity contribution is 6.02. The molecule has 0 aromatic heterocycles.